The van der Waals surface area contributed by atoms with Gasteiger partial charge in [0.2, 0.25) is 0 Å². The molecule has 682 valence electrons. The number of benzene rings is 24. The van der Waals surface area contributed by atoms with Crippen molar-refractivity contribution in [3.05, 3.63) is 607 Å². The first-order chi connectivity index (χ1) is 71.4. The van der Waals surface area contributed by atoms with Crippen LogP contribution < -0.4 is 29.4 Å². The van der Waals surface area contributed by atoms with Crippen molar-refractivity contribution in [2.24, 2.45) is 0 Å². The first kappa shape index (κ1) is 88.8. The summed E-state index contributed by atoms with van der Waals surface area (Å²) in [5, 5.41) is 7.29. The Kier molecular flexibility index (Phi) is 25.4. The third-order valence-electron chi connectivity index (χ3n) is 27.1. The van der Waals surface area contributed by atoms with Crippen LogP contribution in [0.25, 0.3) is 110 Å². The van der Waals surface area contributed by atoms with Gasteiger partial charge in [0.15, 0.2) is 0 Å². The van der Waals surface area contributed by atoms with E-state index in [4.69, 9.17) is 0 Å². The molecule has 24 aromatic rings. The van der Waals surface area contributed by atoms with Gasteiger partial charge in [-0.1, -0.05) is 400 Å². The van der Waals surface area contributed by atoms with Crippen LogP contribution in [0.2, 0.25) is 0 Å². The largest absolute Gasteiger partial charge is 0.311 e. The van der Waals surface area contributed by atoms with Crippen molar-refractivity contribution in [3.63, 3.8) is 0 Å². The maximum absolute atomic E-state index is 2.36. The molecule has 0 aliphatic rings. The van der Waals surface area contributed by atoms with E-state index in [1.54, 1.807) is 0 Å². The molecule has 0 aromatic heterocycles. The zero-order chi connectivity index (χ0) is 96.1. The van der Waals surface area contributed by atoms with E-state index >= 15 is 0 Å². The summed E-state index contributed by atoms with van der Waals surface area (Å²) in [5.41, 5.74) is 36.3. The molecular weight excluding hydrogens is 1740 g/mol. The lowest BCUT2D eigenvalue weighted by Crippen LogP contribution is -2.10. The van der Waals surface area contributed by atoms with Gasteiger partial charge in [-0.2, -0.15) is 0 Å². The molecule has 0 N–H and O–H groups in total. The second-order valence-corrected chi connectivity index (χ2v) is 36.0. The molecule has 24 aromatic carbocycles. The van der Waals surface area contributed by atoms with Gasteiger partial charge in [0.25, 0.3) is 0 Å². The Morgan fingerprint density at radius 2 is 0.236 bits per heavy atom. The lowest BCUT2D eigenvalue weighted by atomic mass is 10.0. The lowest BCUT2D eigenvalue weighted by Gasteiger charge is -2.27. The van der Waals surface area contributed by atoms with Crippen LogP contribution in [0.4, 0.5) is 102 Å². The van der Waals surface area contributed by atoms with Crippen LogP contribution in [0, 0.1) is 0 Å². The quantitative estimate of drug-likeness (QED) is 0.0564. The molecule has 0 saturated heterocycles. The van der Waals surface area contributed by atoms with Crippen LogP contribution in [0.3, 0.4) is 0 Å². The topological polar surface area (TPSA) is 19.4 Å². The van der Waals surface area contributed by atoms with Crippen LogP contribution in [-0.4, -0.2) is 0 Å². The highest BCUT2D eigenvalue weighted by Crippen LogP contribution is 2.48. The highest BCUT2D eigenvalue weighted by atomic mass is 15.2. The van der Waals surface area contributed by atoms with E-state index in [2.05, 4.69) is 636 Å². The van der Waals surface area contributed by atoms with E-state index in [-0.39, 0.29) is 0 Å². The zero-order valence-corrected chi connectivity index (χ0v) is 79.4. The number of fused-ring (bicyclic) bond motifs is 3. The molecule has 0 heterocycles. The number of nitrogens with zero attached hydrogens (tertiary/aromatic N) is 6. The van der Waals surface area contributed by atoms with E-state index < -0.39 is 0 Å². The molecule has 6 heteroatoms. The molecule has 0 unspecified atom stereocenters. The SMILES string of the molecule is c1ccc(-c2ccc(N(c3ccccc3)c3ccc(-c4ccc(N(c5ccc(-c6ccccc6)cc5)c5ccc(-c6ccc(N(c7ccccc7)c7ccc(-c8ccccc8)cc7)cc6)cc5)cc4)cc3)cc2)cc1.c1ccc(N(c2ccc(-c3ccc(N(c4ccc(-c5ccc(N(c6ccccc6)c6cccc7ccccc67)cc5)cc4)c4ccc5ccccc5c4)cc3)cc2)c2cccc3ccccc23)cc1. The Morgan fingerprint density at radius 1 is 0.0833 bits per heavy atom. The van der Waals surface area contributed by atoms with Crippen molar-refractivity contribution < 1.29 is 0 Å². The summed E-state index contributed by atoms with van der Waals surface area (Å²) in [6.45, 7) is 0. The van der Waals surface area contributed by atoms with Gasteiger partial charge < -0.3 is 29.4 Å². The predicted octanol–water partition coefficient (Wildman–Crippen LogP) is 39.3. The third-order valence-corrected chi connectivity index (χ3v) is 27.1. The molecule has 0 radical (unpaired) electrons. The summed E-state index contributed by atoms with van der Waals surface area (Å²) >= 11 is 0. The molecule has 6 nitrogen and oxygen atoms in total. The zero-order valence-electron chi connectivity index (χ0n) is 79.4. The van der Waals surface area contributed by atoms with Crippen LogP contribution in [-0.2, 0) is 0 Å². The lowest BCUT2D eigenvalue weighted by molar-refractivity contribution is 1.28. The maximum atomic E-state index is 2.36. The highest BCUT2D eigenvalue weighted by molar-refractivity contribution is 6.02. The molecule has 0 aliphatic carbocycles. The van der Waals surface area contributed by atoms with E-state index in [9.17, 15) is 0 Å². The number of anilines is 18. The van der Waals surface area contributed by atoms with E-state index in [0.29, 0.717) is 0 Å². The molecule has 0 saturated carbocycles. The van der Waals surface area contributed by atoms with E-state index in [1.807, 2.05) is 0 Å². The summed E-state index contributed by atoms with van der Waals surface area (Å²) in [6.07, 6.45) is 0. The molecule has 0 aliphatic heterocycles. The summed E-state index contributed by atoms with van der Waals surface area (Å²) in [5.74, 6) is 0. The standard InChI is InChI=1S/C72H53N3.C66H47N3/c1-6-16-54(17-7-1)57-26-40-66(41-27-57)73(64-22-12-4-13-23-64)68-46-32-60(33-47-68)62-36-50-71(51-37-62)75(70-44-30-59(31-45-70)56-20-10-3-11-21-56)72-52-38-63(39-53-72)61-34-48-69(49-35-61)74(65-24-14-5-15-25-65)67-42-28-58(29-43-67)55-18-8-2-9-19-55;1-3-21-56(22-4-1)68(65-27-13-19-53-16-9-11-25-63(53)65)60-42-33-51(34-43-60)49-29-38-58(39-30-49)67(62-46-37-48-15-7-8-18-55(48)47-62)59-40-31-50(32-41-59)52-35-44-61(45-36-52)69(57-23-5-2-6-24-57)66-28-14-20-54-17-10-12-26-64(54)66/h1-53H;1-47H. The summed E-state index contributed by atoms with van der Waals surface area (Å²) in [7, 11) is 0. The molecule has 0 bridgehead atoms. The van der Waals surface area contributed by atoms with Crippen LogP contribution in [0.1, 0.15) is 0 Å². The van der Waals surface area contributed by atoms with Crippen LogP contribution >= 0.6 is 0 Å². The second-order valence-electron chi connectivity index (χ2n) is 36.0. The third kappa shape index (κ3) is 19.1. The van der Waals surface area contributed by atoms with Crippen molar-refractivity contribution in [2.45, 2.75) is 0 Å². The normalized spacial score (nSPS) is 11.1. The molecule has 144 heavy (non-hydrogen) atoms. The van der Waals surface area contributed by atoms with Crippen molar-refractivity contribution in [2.75, 3.05) is 29.4 Å². The van der Waals surface area contributed by atoms with Gasteiger partial charge >= 0.3 is 0 Å². The Hall–Kier alpha value is -19.1. The molecule has 0 atom stereocenters. The number of hydrogen-bond donors (Lipinski definition) is 0. The fraction of sp³-hybridized carbons (Fsp3) is 0. The summed E-state index contributed by atoms with van der Waals surface area (Å²) in [4.78, 5) is 14.0. The van der Waals surface area contributed by atoms with Crippen molar-refractivity contribution in [1.82, 2.24) is 0 Å². The van der Waals surface area contributed by atoms with Crippen molar-refractivity contribution >= 4 is 135 Å². The highest BCUT2D eigenvalue weighted by Gasteiger charge is 2.24. The Labute approximate surface area is 842 Å². The van der Waals surface area contributed by atoms with Gasteiger partial charge in [0.05, 0.1) is 11.4 Å². The Balaban J connectivity index is 0.000000160. The minimum atomic E-state index is 1.08. The van der Waals surface area contributed by atoms with Gasteiger partial charge in [-0.05, 0) is 306 Å². The molecular formula is C138H100N6. The molecule has 24 rings (SSSR count). The van der Waals surface area contributed by atoms with E-state index in [1.165, 1.54) is 65.7 Å². The van der Waals surface area contributed by atoms with Gasteiger partial charge in [-0.25, -0.2) is 0 Å². The Bertz CT molecular complexity index is 7990. The smallest absolute Gasteiger partial charge is 0.0540 e. The fourth-order valence-corrected chi connectivity index (χ4v) is 19.8. The van der Waals surface area contributed by atoms with Crippen LogP contribution in [0.15, 0.2) is 607 Å². The maximum Gasteiger partial charge on any atom is 0.0540 e. The van der Waals surface area contributed by atoms with Crippen molar-refractivity contribution in [1.29, 1.82) is 0 Å². The molecule has 0 spiro atoms. The number of rotatable bonds is 25. The second kappa shape index (κ2) is 41.3. The average molecular weight is 1840 g/mol. The van der Waals surface area contributed by atoms with Crippen LogP contribution in [0.5, 0.6) is 0 Å². The van der Waals surface area contributed by atoms with Gasteiger partial charge in [0.1, 0.15) is 0 Å². The van der Waals surface area contributed by atoms with E-state index in [0.717, 1.165) is 147 Å². The first-order valence-electron chi connectivity index (χ1n) is 49.1. The summed E-state index contributed by atoms with van der Waals surface area (Å²) in [6, 6.07) is 218. The minimum Gasteiger partial charge on any atom is -0.311 e. The molecule has 0 amide bonds. The molecule has 0 fully saturated rings. The average Bonchev–Trinajstić information content (AvgIpc) is 0.782. The predicted molar refractivity (Wildman–Crippen MR) is 612 cm³/mol. The summed E-state index contributed by atoms with van der Waals surface area (Å²) < 4.78 is 0. The van der Waals surface area contributed by atoms with Gasteiger partial charge in [-0.3, -0.25) is 0 Å². The van der Waals surface area contributed by atoms with Gasteiger partial charge in [0, 0.05) is 102 Å². The minimum absolute atomic E-state index is 1.08. The first-order valence-corrected chi connectivity index (χ1v) is 49.1. The van der Waals surface area contributed by atoms with Crippen molar-refractivity contribution in [3.8, 4) is 77.9 Å². The van der Waals surface area contributed by atoms with Gasteiger partial charge in [-0.15, -0.1) is 0 Å². The Morgan fingerprint density at radius 3 is 0.472 bits per heavy atom. The monoisotopic (exact) mass is 1840 g/mol. The number of hydrogen-bond acceptors (Lipinski definition) is 6. The number of para-hydroxylation sites is 4. The fourth-order valence-electron chi connectivity index (χ4n) is 19.8.